The van der Waals surface area contributed by atoms with E-state index < -0.39 is 11.5 Å². The first-order chi connectivity index (χ1) is 14.0. The Hall–Kier alpha value is -3.16. The number of hydrogen-bond donors (Lipinski definition) is 2. The number of fused-ring (bicyclic) bond motifs is 1. The number of aryl methyl sites for hydroxylation is 2. The number of amides is 1. The molecule has 2 heterocycles. The number of aromatic amines is 1. The topological polar surface area (TPSA) is 92.1 Å². The molecule has 0 saturated heterocycles. The van der Waals surface area contributed by atoms with Crippen molar-refractivity contribution in [3.63, 3.8) is 0 Å². The number of aromatic nitrogens is 4. The first-order valence-corrected chi connectivity index (χ1v) is 9.54. The second-order valence-corrected chi connectivity index (χ2v) is 7.19. The van der Waals surface area contributed by atoms with Gasteiger partial charge in [-0.1, -0.05) is 53.5 Å². The Morgan fingerprint density at radius 1 is 1.07 bits per heavy atom. The van der Waals surface area contributed by atoms with Crippen molar-refractivity contribution in [2.24, 2.45) is 0 Å². The van der Waals surface area contributed by atoms with Crippen molar-refractivity contribution in [3.8, 4) is 0 Å². The van der Waals surface area contributed by atoms with Gasteiger partial charge in [0.15, 0.2) is 5.82 Å². The molecule has 0 atom stereocenters. The van der Waals surface area contributed by atoms with Gasteiger partial charge in [0.1, 0.15) is 5.82 Å². The van der Waals surface area contributed by atoms with Crippen molar-refractivity contribution in [2.45, 2.75) is 12.8 Å². The van der Waals surface area contributed by atoms with Crippen molar-refractivity contribution < 1.29 is 4.79 Å². The zero-order chi connectivity index (χ0) is 20.4. The summed E-state index contributed by atoms with van der Waals surface area (Å²) < 4.78 is 1.39. The Bertz CT molecular complexity index is 1250. The molecule has 0 saturated carbocycles. The number of carbonyl (C=O) groups excluding carboxylic acids is 1. The summed E-state index contributed by atoms with van der Waals surface area (Å²) in [6.07, 6.45) is 1.34. The molecule has 0 unspecified atom stereocenters. The largest absolute Gasteiger partial charge is 0.306 e. The summed E-state index contributed by atoms with van der Waals surface area (Å²) in [4.78, 5) is 31.6. The fraction of sp³-hybridized carbons (Fsp3) is 0.100. The Balaban J connectivity index is 1.61. The average Bonchev–Trinajstić information content (AvgIpc) is 3.10. The maximum Gasteiger partial charge on any atom is 0.258 e. The summed E-state index contributed by atoms with van der Waals surface area (Å²) in [5.74, 6) is 0.506. The number of benzene rings is 2. The molecule has 0 spiro atoms. The monoisotopic (exact) mass is 427 g/mol. The van der Waals surface area contributed by atoms with Crippen LogP contribution in [0, 0.1) is 0 Å². The van der Waals surface area contributed by atoms with E-state index in [9.17, 15) is 9.59 Å². The second-order valence-electron chi connectivity index (χ2n) is 6.35. The lowest BCUT2D eigenvalue weighted by Gasteiger charge is -2.07. The van der Waals surface area contributed by atoms with Gasteiger partial charge in [-0.15, -0.1) is 5.10 Å². The molecule has 0 aliphatic heterocycles. The van der Waals surface area contributed by atoms with E-state index in [2.05, 4.69) is 20.4 Å². The fourth-order valence-electron chi connectivity index (χ4n) is 2.89. The highest BCUT2D eigenvalue weighted by atomic mass is 35.5. The minimum atomic E-state index is -0.486. The summed E-state index contributed by atoms with van der Waals surface area (Å²) in [5, 5.41) is 7.71. The summed E-state index contributed by atoms with van der Waals surface area (Å²) >= 11 is 12.0. The van der Waals surface area contributed by atoms with E-state index in [0.717, 1.165) is 12.0 Å². The average molecular weight is 428 g/mol. The van der Waals surface area contributed by atoms with Gasteiger partial charge in [-0.25, -0.2) is 0 Å². The smallest absolute Gasteiger partial charge is 0.258 e. The number of anilines is 1. The van der Waals surface area contributed by atoms with Crippen LogP contribution in [-0.4, -0.2) is 25.5 Å². The van der Waals surface area contributed by atoms with Crippen LogP contribution in [0.1, 0.15) is 21.7 Å². The molecule has 2 aromatic carbocycles. The Morgan fingerprint density at radius 3 is 2.62 bits per heavy atom. The zero-order valence-electron chi connectivity index (χ0n) is 15.0. The maximum absolute atomic E-state index is 12.6. The third-order valence-corrected chi connectivity index (χ3v) is 4.83. The molecular formula is C20H15Cl2N5O2. The number of halogens is 2. The number of hydrogen-bond acceptors (Lipinski definition) is 4. The lowest BCUT2D eigenvalue weighted by Crippen LogP contribution is -2.19. The van der Waals surface area contributed by atoms with Crippen LogP contribution < -0.4 is 10.9 Å². The van der Waals surface area contributed by atoms with Crippen LogP contribution in [0.4, 0.5) is 5.82 Å². The number of carbonyl (C=O) groups is 1. The van der Waals surface area contributed by atoms with Crippen molar-refractivity contribution in [3.05, 3.63) is 91.9 Å². The first kappa shape index (κ1) is 19.2. The van der Waals surface area contributed by atoms with E-state index in [1.165, 1.54) is 22.7 Å². The van der Waals surface area contributed by atoms with Crippen LogP contribution in [-0.2, 0) is 12.8 Å². The highest BCUT2D eigenvalue weighted by Crippen LogP contribution is 2.22. The fourth-order valence-corrected chi connectivity index (χ4v) is 3.38. The molecule has 0 fully saturated rings. The van der Waals surface area contributed by atoms with Crippen molar-refractivity contribution >= 4 is 40.7 Å². The minimum Gasteiger partial charge on any atom is -0.306 e. The lowest BCUT2D eigenvalue weighted by atomic mass is 10.1. The SMILES string of the molecule is O=C(Nc1cc(=O)[nH]c2nc(CCc3ccccc3)nn12)c1ccc(Cl)cc1Cl. The zero-order valence-corrected chi connectivity index (χ0v) is 16.5. The van der Waals surface area contributed by atoms with Crippen LogP contribution >= 0.6 is 23.2 Å². The minimum absolute atomic E-state index is 0.193. The summed E-state index contributed by atoms with van der Waals surface area (Å²) in [6, 6.07) is 15.7. The molecule has 7 nitrogen and oxygen atoms in total. The predicted octanol–water partition coefficient (Wildman–Crippen LogP) is 3.76. The maximum atomic E-state index is 12.6. The summed E-state index contributed by atoms with van der Waals surface area (Å²) in [7, 11) is 0. The number of nitrogens with zero attached hydrogens (tertiary/aromatic N) is 3. The normalized spacial score (nSPS) is 11.0. The van der Waals surface area contributed by atoms with E-state index in [0.29, 0.717) is 17.3 Å². The molecule has 4 rings (SSSR count). The molecule has 2 N–H and O–H groups in total. The van der Waals surface area contributed by atoms with Gasteiger partial charge >= 0.3 is 0 Å². The molecule has 9 heteroatoms. The highest BCUT2D eigenvalue weighted by Gasteiger charge is 2.15. The number of H-pyrrole nitrogens is 1. The molecule has 0 aliphatic rings. The van der Waals surface area contributed by atoms with E-state index in [1.807, 2.05) is 30.3 Å². The van der Waals surface area contributed by atoms with Crippen LogP contribution in [0.5, 0.6) is 0 Å². The summed E-state index contributed by atoms with van der Waals surface area (Å²) in [6.45, 7) is 0. The Kier molecular flexibility index (Phi) is 5.33. The number of rotatable bonds is 5. The van der Waals surface area contributed by atoms with Crippen molar-refractivity contribution in [1.29, 1.82) is 0 Å². The highest BCUT2D eigenvalue weighted by molar-refractivity contribution is 6.37. The molecule has 29 heavy (non-hydrogen) atoms. The van der Waals surface area contributed by atoms with E-state index in [4.69, 9.17) is 23.2 Å². The Labute approximate surface area is 175 Å². The molecule has 1 amide bonds. The third-order valence-electron chi connectivity index (χ3n) is 4.28. The van der Waals surface area contributed by atoms with Crippen LogP contribution in [0.25, 0.3) is 5.78 Å². The van der Waals surface area contributed by atoms with Gasteiger partial charge in [-0.2, -0.15) is 9.50 Å². The van der Waals surface area contributed by atoms with Gasteiger partial charge in [0.05, 0.1) is 10.6 Å². The van der Waals surface area contributed by atoms with Crippen LogP contribution in [0.15, 0.2) is 59.4 Å². The Morgan fingerprint density at radius 2 is 1.86 bits per heavy atom. The molecule has 0 radical (unpaired) electrons. The third kappa shape index (κ3) is 4.31. The van der Waals surface area contributed by atoms with Crippen molar-refractivity contribution in [2.75, 3.05) is 5.32 Å². The van der Waals surface area contributed by atoms with Crippen LogP contribution in [0.3, 0.4) is 0 Å². The summed E-state index contributed by atoms with van der Waals surface area (Å²) in [5.41, 5.74) is 0.983. The molecule has 2 aromatic heterocycles. The van der Waals surface area contributed by atoms with Crippen LogP contribution in [0.2, 0.25) is 10.0 Å². The van der Waals surface area contributed by atoms with Gasteiger partial charge in [0.25, 0.3) is 11.5 Å². The van der Waals surface area contributed by atoms with Gasteiger partial charge in [-0.3, -0.25) is 14.6 Å². The van der Waals surface area contributed by atoms with E-state index >= 15 is 0 Å². The predicted molar refractivity (Wildman–Crippen MR) is 112 cm³/mol. The second kappa shape index (κ2) is 8.06. The molecule has 0 aliphatic carbocycles. The molecular weight excluding hydrogens is 413 g/mol. The lowest BCUT2D eigenvalue weighted by molar-refractivity contribution is 0.102. The van der Waals surface area contributed by atoms with Gasteiger partial charge in [0, 0.05) is 17.5 Å². The van der Waals surface area contributed by atoms with Gasteiger partial charge in [-0.05, 0) is 30.2 Å². The molecule has 4 aromatic rings. The standard InChI is InChI=1S/C20H15Cl2N5O2/c21-13-7-8-14(15(22)10-13)19(29)24-17-11-18(28)25-20-23-16(26-27(17)20)9-6-12-4-2-1-3-5-12/h1-5,7-8,10-11H,6,9H2,(H,24,29)(H,23,25,26,28). The molecule has 0 bridgehead atoms. The quantitative estimate of drug-likeness (QED) is 0.506. The number of nitrogens with one attached hydrogen (secondary N) is 2. The van der Waals surface area contributed by atoms with Gasteiger partial charge < -0.3 is 5.32 Å². The van der Waals surface area contributed by atoms with Gasteiger partial charge in [0.2, 0.25) is 5.78 Å². The van der Waals surface area contributed by atoms with E-state index in [1.54, 1.807) is 6.07 Å². The first-order valence-electron chi connectivity index (χ1n) is 8.79. The molecule has 146 valence electrons. The van der Waals surface area contributed by atoms with Crippen molar-refractivity contribution in [1.82, 2.24) is 19.6 Å². The van der Waals surface area contributed by atoms with E-state index in [-0.39, 0.29) is 22.2 Å².